The number of hydrogen-bond donors (Lipinski definition) is 0. The highest BCUT2D eigenvalue weighted by Gasteiger charge is 2.04. The molecule has 0 amide bonds. The fraction of sp³-hybridized carbons (Fsp3) is 0.222. The molecule has 1 nitrogen and oxygen atoms in total. The molecule has 0 aliphatic carbocycles. The van der Waals surface area contributed by atoms with E-state index >= 15 is 0 Å². The van der Waals surface area contributed by atoms with E-state index in [2.05, 4.69) is 0 Å². The molecule has 0 aromatic heterocycles. The Kier molecular flexibility index (Phi) is 2.82. The molecule has 1 rings (SSSR count). The first-order valence-corrected chi connectivity index (χ1v) is 3.91. The molecule has 0 aliphatic rings. The van der Waals surface area contributed by atoms with E-state index in [0.29, 0.717) is 10.6 Å². The number of carbonyl (C=O) groups excluding carboxylic acids is 1. The Labute approximate surface area is 75.2 Å². The standard InChI is InChI=1S/C9H8ClFO/c1-6(12)4-7-5-8(10)2-3-9(7)11/h2-3,5H,4H2,1H3. The predicted molar refractivity (Wildman–Crippen MR) is 45.8 cm³/mol. The van der Waals surface area contributed by atoms with Gasteiger partial charge in [0.05, 0.1) is 0 Å². The van der Waals surface area contributed by atoms with Crippen molar-refractivity contribution in [3.63, 3.8) is 0 Å². The first-order valence-electron chi connectivity index (χ1n) is 3.53. The molecular weight excluding hydrogens is 179 g/mol. The minimum Gasteiger partial charge on any atom is -0.300 e. The largest absolute Gasteiger partial charge is 0.300 e. The van der Waals surface area contributed by atoms with Gasteiger partial charge >= 0.3 is 0 Å². The van der Waals surface area contributed by atoms with Gasteiger partial charge in [-0.2, -0.15) is 0 Å². The van der Waals surface area contributed by atoms with Crippen molar-refractivity contribution in [2.24, 2.45) is 0 Å². The van der Waals surface area contributed by atoms with Gasteiger partial charge in [-0.15, -0.1) is 0 Å². The summed E-state index contributed by atoms with van der Waals surface area (Å²) in [6.07, 6.45) is 0.104. The molecule has 0 aliphatic heterocycles. The third-order valence-corrected chi connectivity index (χ3v) is 1.68. The van der Waals surface area contributed by atoms with Gasteiger partial charge in [0.1, 0.15) is 11.6 Å². The van der Waals surface area contributed by atoms with E-state index < -0.39 is 0 Å². The maximum absolute atomic E-state index is 12.9. The van der Waals surface area contributed by atoms with E-state index in [0.717, 1.165) is 0 Å². The molecule has 0 spiro atoms. The van der Waals surface area contributed by atoms with Crippen LogP contribution >= 0.6 is 11.6 Å². The van der Waals surface area contributed by atoms with Crippen LogP contribution in [0.3, 0.4) is 0 Å². The van der Waals surface area contributed by atoms with Crippen LogP contribution in [-0.4, -0.2) is 5.78 Å². The van der Waals surface area contributed by atoms with Crippen molar-refractivity contribution < 1.29 is 9.18 Å². The van der Waals surface area contributed by atoms with Crippen LogP contribution < -0.4 is 0 Å². The molecule has 12 heavy (non-hydrogen) atoms. The molecule has 0 saturated heterocycles. The summed E-state index contributed by atoms with van der Waals surface area (Å²) in [5.41, 5.74) is 0.356. The SMILES string of the molecule is CC(=O)Cc1cc(Cl)ccc1F. The molecule has 0 fully saturated rings. The number of halogens is 2. The highest BCUT2D eigenvalue weighted by Crippen LogP contribution is 2.15. The molecular formula is C9H8ClFO. The van der Waals surface area contributed by atoms with Gasteiger partial charge in [-0.3, -0.25) is 4.79 Å². The Balaban J connectivity index is 2.97. The summed E-state index contributed by atoms with van der Waals surface area (Å²) in [6.45, 7) is 1.42. The quantitative estimate of drug-likeness (QED) is 0.694. The molecule has 0 N–H and O–H groups in total. The number of hydrogen-bond acceptors (Lipinski definition) is 1. The van der Waals surface area contributed by atoms with Gasteiger partial charge < -0.3 is 0 Å². The third kappa shape index (κ3) is 2.31. The fourth-order valence-electron chi connectivity index (χ4n) is 0.947. The van der Waals surface area contributed by atoms with Crippen molar-refractivity contribution in [2.45, 2.75) is 13.3 Å². The van der Waals surface area contributed by atoms with Crippen LogP contribution in [0.1, 0.15) is 12.5 Å². The zero-order valence-electron chi connectivity index (χ0n) is 6.60. The minimum absolute atomic E-state index is 0.0730. The summed E-state index contributed by atoms with van der Waals surface area (Å²) in [5.74, 6) is -0.453. The van der Waals surface area contributed by atoms with Crippen LogP contribution in [0.4, 0.5) is 4.39 Å². The summed E-state index contributed by atoms with van der Waals surface area (Å²) in [4.78, 5) is 10.7. The van der Waals surface area contributed by atoms with Crippen LogP contribution in [-0.2, 0) is 11.2 Å². The number of Topliss-reactive ketones (excluding diaryl/α,β-unsaturated/α-hetero) is 1. The van der Waals surface area contributed by atoms with Gasteiger partial charge in [0.2, 0.25) is 0 Å². The molecule has 3 heteroatoms. The summed E-state index contributed by atoms with van der Waals surface area (Å²) in [5, 5.41) is 0.452. The van der Waals surface area contributed by atoms with Gasteiger partial charge in [0.15, 0.2) is 0 Å². The Morgan fingerprint density at radius 1 is 1.58 bits per heavy atom. The first kappa shape index (κ1) is 9.20. The Morgan fingerprint density at radius 2 is 2.25 bits per heavy atom. The van der Waals surface area contributed by atoms with E-state index in [1.54, 1.807) is 0 Å². The van der Waals surface area contributed by atoms with Crippen LogP contribution in [0.2, 0.25) is 5.02 Å². The first-order chi connectivity index (χ1) is 5.59. The lowest BCUT2D eigenvalue weighted by Crippen LogP contribution is -1.98. The summed E-state index contributed by atoms with van der Waals surface area (Å²) in [7, 11) is 0. The number of benzene rings is 1. The maximum atomic E-state index is 12.9. The topological polar surface area (TPSA) is 17.1 Å². The molecule has 1 aromatic carbocycles. The lowest BCUT2D eigenvalue weighted by atomic mass is 10.1. The van der Waals surface area contributed by atoms with E-state index in [4.69, 9.17) is 11.6 Å². The zero-order valence-corrected chi connectivity index (χ0v) is 7.36. The average Bonchev–Trinajstić information content (AvgIpc) is 1.96. The second kappa shape index (κ2) is 3.68. The summed E-state index contributed by atoms with van der Waals surface area (Å²) < 4.78 is 12.9. The number of ketones is 1. The van der Waals surface area contributed by atoms with E-state index in [1.165, 1.54) is 25.1 Å². The molecule has 0 saturated carbocycles. The van der Waals surface area contributed by atoms with Gasteiger partial charge in [0.25, 0.3) is 0 Å². The highest BCUT2D eigenvalue weighted by atomic mass is 35.5. The van der Waals surface area contributed by atoms with Crippen molar-refractivity contribution in [3.05, 3.63) is 34.6 Å². The van der Waals surface area contributed by atoms with Gasteiger partial charge in [0, 0.05) is 11.4 Å². The van der Waals surface area contributed by atoms with Gasteiger partial charge in [-0.1, -0.05) is 11.6 Å². The molecule has 0 atom stereocenters. The second-order valence-electron chi connectivity index (χ2n) is 2.61. The van der Waals surface area contributed by atoms with Crippen molar-refractivity contribution in [2.75, 3.05) is 0 Å². The van der Waals surface area contributed by atoms with Crippen molar-refractivity contribution in [1.82, 2.24) is 0 Å². The lowest BCUT2D eigenvalue weighted by molar-refractivity contribution is -0.116. The Bertz CT molecular complexity index is 309. The van der Waals surface area contributed by atoms with Crippen LogP contribution in [0.25, 0.3) is 0 Å². The van der Waals surface area contributed by atoms with Gasteiger partial charge in [-0.05, 0) is 30.7 Å². The Hall–Kier alpha value is -0.890. The zero-order chi connectivity index (χ0) is 9.14. The van der Waals surface area contributed by atoms with Crippen LogP contribution in [0.15, 0.2) is 18.2 Å². The summed E-state index contributed by atoms with van der Waals surface area (Å²) in [6, 6.07) is 4.19. The monoisotopic (exact) mass is 186 g/mol. The Morgan fingerprint density at radius 3 is 2.83 bits per heavy atom. The van der Waals surface area contributed by atoms with Crippen LogP contribution in [0.5, 0.6) is 0 Å². The lowest BCUT2D eigenvalue weighted by Gasteiger charge is -1.99. The van der Waals surface area contributed by atoms with Crippen molar-refractivity contribution in [1.29, 1.82) is 0 Å². The normalized spacial score (nSPS) is 9.92. The number of rotatable bonds is 2. The van der Waals surface area contributed by atoms with Gasteiger partial charge in [-0.25, -0.2) is 4.39 Å². The van der Waals surface area contributed by atoms with Crippen molar-refractivity contribution >= 4 is 17.4 Å². The smallest absolute Gasteiger partial charge is 0.134 e. The van der Waals surface area contributed by atoms with E-state index in [-0.39, 0.29) is 18.0 Å². The van der Waals surface area contributed by atoms with Crippen LogP contribution in [0, 0.1) is 5.82 Å². The minimum atomic E-state index is -0.380. The van der Waals surface area contributed by atoms with E-state index in [9.17, 15) is 9.18 Å². The highest BCUT2D eigenvalue weighted by molar-refractivity contribution is 6.30. The maximum Gasteiger partial charge on any atom is 0.134 e. The average molecular weight is 187 g/mol. The molecule has 1 aromatic rings. The molecule has 0 unspecified atom stereocenters. The second-order valence-corrected chi connectivity index (χ2v) is 3.05. The van der Waals surface area contributed by atoms with Crippen molar-refractivity contribution in [3.8, 4) is 0 Å². The molecule has 0 radical (unpaired) electrons. The third-order valence-electron chi connectivity index (χ3n) is 1.45. The number of carbonyl (C=O) groups is 1. The molecule has 64 valence electrons. The molecule has 0 heterocycles. The molecule has 0 bridgehead atoms. The predicted octanol–water partition coefficient (Wildman–Crippen LogP) is 2.61. The van der Waals surface area contributed by atoms with E-state index in [1.807, 2.05) is 0 Å². The fourth-order valence-corrected chi connectivity index (χ4v) is 1.14. The summed E-state index contributed by atoms with van der Waals surface area (Å²) >= 11 is 5.62.